The second kappa shape index (κ2) is 8.97. The van der Waals surface area contributed by atoms with Crippen LogP contribution in [-0.2, 0) is 6.54 Å². The lowest BCUT2D eigenvalue weighted by Crippen LogP contribution is -2.18. The second-order valence-electron chi connectivity index (χ2n) is 7.81. The van der Waals surface area contributed by atoms with Gasteiger partial charge in [0.15, 0.2) is 0 Å². The number of aryl methyl sites for hydroxylation is 1. The highest BCUT2D eigenvalue weighted by Crippen LogP contribution is 2.26. The fourth-order valence-electron chi connectivity index (χ4n) is 3.13. The lowest BCUT2D eigenvalue weighted by molar-refractivity contribution is -0.158. The molecule has 0 bridgehead atoms. The summed E-state index contributed by atoms with van der Waals surface area (Å²) < 4.78 is 43.3. The van der Waals surface area contributed by atoms with Crippen molar-refractivity contribution in [3.05, 3.63) is 59.9 Å². The van der Waals surface area contributed by atoms with Gasteiger partial charge in [0.05, 0.1) is 12.6 Å². The van der Waals surface area contributed by atoms with Gasteiger partial charge in [-0.2, -0.15) is 13.8 Å². The van der Waals surface area contributed by atoms with Crippen molar-refractivity contribution in [2.24, 2.45) is 0 Å². The average Bonchev–Trinajstić information content (AvgIpc) is 3.35. The van der Waals surface area contributed by atoms with Crippen LogP contribution in [0.4, 0.5) is 8.78 Å². The molecule has 0 aliphatic carbocycles. The lowest BCUT2D eigenvalue weighted by atomic mass is 10.2. The molecule has 2 heterocycles. The molecule has 0 spiro atoms. The Labute approximate surface area is 189 Å². The van der Waals surface area contributed by atoms with Crippen molar-refractivity contribution in [2.75, 3.05) is 0 Å². The maximum Gasteiger partial charge on any atom is 0.394 e. The van der Waals surface area contributed by atoms with Gasteiger partial charge in [-0.3, -0.25) is 0 Å². The molecule has 0 unspecified atom stereocenters. The van der Waals surface area contributed by atoms with Crippen molar-refractivity contribution >= 4 is 0 Å². The third-order valence-corrected chi connectivity index (χ3v) is 4.49. The van der Waals surface area contributed by atoms with Crippen LogP contribution in [0, 0.1) is 6.92 Å². The van der Waals surface area contributed by atoms with Crippen molar-refractivity contribution in [1.29, 1.82) is 0 Å². The molecule has 0 amide bonds. The third-order valence-electron chi connectivity index (χ3n) is 4.49. The fourth-order valence-corrected chi connectivity index (χ4v) is 3.13. The van der Waals surface area contributed by atoms with E-state index >= 15 is 0 Å². The molecule has 8 nitrogen and oxygen atoms in total. The Balaban J connectivity index is 1.50. The topological polar surface area (TPSA) is 88.1 Å². The molecule has 0 atom stereocenters. The Morgan fingerprint density at radius 1 is 1.03 bits per heavy atom. The molecule has 172 valence electrons. The van der Waals surface area contributed by atoms with E-state index in [2.05, 4.69) is 25.0 Å². The highest BCUT2D eigenvalue weighted by atomic mass is 19.3. The molecule has 0 aliphatic rings. The number of hydrogen-bond acceptors (Lipinski definition) is 7. The summed E-state index contributed by atoms with van der Waals surface area (Å²) in [7, 11) is 0. The van der Waals surface area contributed by atoms with E-state index in [1.807, 2.05) is 45.0 Å². The van der Waals surface area contributed by atoms with Gasteiger partial charge >= 0.3 is 6.11 Å². The number of ether oxygens (including phenoxy) is 2. The number of alkyl halides is 2. The first-order valence-corrected chi connectivity index (χ1v) is 10.3. The molecule has 2 aromatic heterocycles. The smallest absolute Gasteiger partial charge is 0.394 e. The number of benzene rings is 2. The van der Waals surface area contributed by atoms with E-state index in [4.69, 9.17) is 9.26 Å². The van der Waals surface area contributed by atoms with Crippen molar-refractivity contribution in [3.63, 3.8) is 0 Å². The van der Waals surface area contributed by atoms with Gasteiger partial charge < -0.3 is 14.0 Å². The molecule has 2 aromatic carbocycles. The van der Waals surface area contributed by atoms with Gasteiger partial charge in [0.2, 0.25) is 11.6 Å². The summed E-state index contributed by atoms with van der Waals surface area (Å²) in [5.41, 5.74) is 1.59. The Bertz CT molecular complexity index is 1230. The quantitative estimate of drug-likeness (QED) is 0.364. The van der Waals surface area contributed by atoms with E-state index in [0.717, 1.165) is 11.3 Å². The summed E-state index contributed by atoms with van der Waals surface area (Å²) >= 11 is 0. The van der Waals surface area contributed by atoms with Crippen LogP contribution in [-0.4, -0.2) is 37.1 Å². The van der Waals surface area contributed by atoms with Crippen LogP contribution in [0.5, 0.6) is 11.5 Å². The molecule has 4 rings (SSSR count). The predicted molar refractivity (Wildman–Crippen MR) is 116 cm³/mol. The summed E-state index contributed by atoms with van der Waals surface area (Å²) in [4.78, 5) is 8.77. The predicted octanol–water partition coefficient (Wildman–Crippen LogP) is 5.13. The number of nitrogens with zero attached hydrogens (tertiary/aromatic N) is 5. The minimum absolute atomic E-state index is 0.0360. The Morgan fingerprint density at radius 3 is 2.48 bits per heavy atom. The van der Waals surface area contributed by atoms with Gasteiger partial charge in [-0.1, -0.05) is 17.3 Å². The van der Waals surface area contributed by atoms with Crippen LogP contribution < -0.4 is 9.47 Å². The largest absolute Gasteiger partial charge is 0.491 e. The normalized spacial score (nSPS) is 11.7. The molecule has 0 fully saturated rings. The maximum atomic E-state index is 13.0. The zero-order valence-corrected chi connectivity index (χ0v) is 18.6. The zero-order chi connectivity index (χ0) is 23.6. The highest BCUT2D eigenvalue weighted by molar-refractivity contribution is 5.57. The van der Waals surface area contributed by atoms with Crippen LogP contribution in [0.25, 0.3) is 23.1 Å². The minimum atomic E-state index is -3.26. The second-order valence-corrected chi connectivity index (χ2v) is 7.81. The molecule has 33 heavy (non-hydrogen) atoms. The minimum Gasteiger partial charge on any atom is -0.491 e. The molecule has 0 aliphatic heterocycles. The fraction of sp³-hybridized carbons (Fsp3) is 0.304. The monoisotopic (exact) mass is 455 g/mol. The summed E-state index contributed by atoms with van der Waals surface area (Å²) in [6.45, 7) is 6.97. The number of hydrogen-bond donors (Lipinski definition) is 0. The van der Waals surface area contributed by atoms with Crippen molar-refractivity contribution in [1.82, 2.24) is 24.9 Å². The van der Waals surface area contributed by atoms with Gasteiger partial charge in [-0.05, 0) is 62.7 Å². The van der Waals surface area contributed by atoms with E-state index in [9.17, 15) is 8.78 Å². The van der Waals surface area contributed by atoms with E-state index in [1.54, 1.807) is 16.8 Å². The molecule has 0 N–H and O–H groups in total. The summed E-state index contributed by atoms with van der Waals surface area (Å²) in [5, 5.41) is 8.44. The van der Waals surface area contributed by atoms with Crippen LogP contribution in [0.15, 0.2) is 53.1 Å². The number of halogens is 2. The van der Waals surface area contributed by atoms with E-state index < -0.39 is 6.11 Å². The van der Waals surface area contributed by atoms with Gasteiger partial charge in [0.1, 0.15) is 17.3 Å². The molecule has 4 aromatic rings. The van der Waals surface area contributed by atoms with E-state index in [0.29, 0.717) is 30.7 Å². The summed E-state index contributed by atoms with van der Waals surface area (Å²) in [5.74, 6) is 2.25. The van der Waals surface area contributed by atoms with Crippen LogP contribution >= 0.6 is 0 Å². The molecular formula is C23H23F2N5O3. The van der Waals surface area contributed by atoms with E-state index in [-0.39, 0.29) is 23.6 Å². The summed E-state index contributed by atoms with van der Waals surface area (Å²) in [6, 6.07) is 13.8. The zero-order valence-electron chi connectivity index (χ0n) is 18.6. The molecule has 0 saturated heterocycles. The molecule has 0 radical (unpaired) electrons. The Morgan fingerprint density at radius 2 is 1.79 bits per heavy atom. The first-order valence-electron chi connectivity index (χ1n) is 10.3. The maximum absolute atomic E-state index is 13.0. The standard InChI is InChI=1S/C23H23F2N5O3/c1-14(2)31-19-7-5-6-16(12-19)13-30-15(3)26-21(28-30)22-27-20(29-33-22)17-8-10-18(11-9-17)32-23(4,24)25/h5-12,14H,13H2,1-4H3. The number of aromatic nitrogens is 5. The molecular weight excluding hydrogens is 432 g/mol. The van der Waals surface area contributed by atoms with Crippen LogP contribution in [0.1, 0.15) is 32.2 Å². The van der Waals surface area contributed by atoms with Gasteiger partial charge in [0, 0.05) is 12.5 Å². The van der Waals surface area contributed by atoms with Gasteiger partial charge in [-0.15, -0.1) is 5.10 Å². The first-order chi connectivity index (χ1) is 15.7. The Hall–Kier alpha value is -3.82. The van der Waals surface area contributed by atoms with E-state index in [1.165, 1.54) is 12.1 Å². The third kappa shape index (κ3) is 5.71. The van der Waals surface area contributed by atoms with Crippen molar-refractivity contribution < 1.29 is 22.8 Å². The highest BCUT2D eigenvalue weighted by Gasteiger charge is 2.23. The van der Waals surface area contributed by atoms with Crippen LogP contribution in [0.3, 0.4) is 0 Å². The van der Waals surface area contributed by atoms with Gasteiger partial charge in [0.25, 0.3) is 5.89 Å². The average molecular weight is 455 g/mol. The first kappa shape index (κ1) is 22.4. The number of rotatable bonds is 8. The molecule has 10 heteroatoms. The van der Waals surface area contributed by atoms with Crippen LogP contribution in [0.2, 0.25) is 0 Å². The summed E-state index contributed by atoms with van der Waals surface area (Å²) in [6.07, 6.45) is -3.17. The van der Waals surface area contributed by atoms with Crippen molar-refractivity contribution in [3.8, 4) is 34.6 Å². The SMILES string of the molecule is Cc1nc(-c2nc(-c3ccc(OC(C)(F)F)cc3)no2)nn1Cc1cccc(OC(C)C)c1. The Kier molecular flexibility index (Phi) is 6.08. The van der Waals surface area contributed by atoms with Crippen molar-refractivity contribution in [2.45, 2.75) is 46.5 Å². The lowest BCUT2D eigenvalue weighted by Gasteiger charge is -2.12. The van der Waals surface area contributed by atoms with Gasteiger partial charge in [-0.25, -0.2) is 9.67 Å². The molecule has 0 saturated carbocycles.